The van der Waals surface area contributed by atoms with E-state index in [1.165, 1.54) is 0 Å². The molecule has 0 fully saturated rings. The molecular weight excluding hydrogens is 440 g/mol. The average molecular weight is 457 g/mol. The van der Waals surface area contributed by atoms with Crippen LogP contribution in [0.1, 0.15) is 15.9 Å². The summed E-state index contributed by atoms with van der Waals surface area (Å²) in [6, 6.07) is 29.0. The Kier molecular flexibility index (Phi) is 5.43. The van der Waals surface area contributed by atoms with E-state index < -0.39 is 0 Å². The van der Waals surface area contributed by atoms with Crippen LogP contribution in [-0.4, -0.2) is 11.8 Å². The average Bonchev–Trinajstić information content (AvgIpc) is 2.83. The number of urea groups is 1. The Bertz CT molecular complexity index is 1300. The molecule has 5 rings (SSSR count). The van der Waals surface area contributed by atoms with Gasteiger partial charge in [0, 0.05) is 25.9 Å². The fourth-order valence-corrected chi connectivity index (χ4v) is 4.88. The van der Waals surface area contributed by atoms with Gasteiger partial charge < -0.3 is 5.32 Å². The smallest absolute Gasteiger partial charge is 0.306 e. The quantitative estimate of drug-likeness (QED) is 0.326. The number of halogens is 1. The SMILES string of the molecule is O=C(c1ccccc1)c1cc(Cl)ccc1NC(=O)N1c2ccccc2Sc2ccccc21. The van der Waals surface area contributed by atoms with Gasteiger partial charge in [-0.2, -0.15) is 0 Å². The van der Waals surface area contributed by atoms with Crippen molar-refractivity contribution < 1.29 is 9.59 Å². The third-order valence-corrected chi connectivity index (χ3v) is 6.50. The molecule has 4 aromatic rings. The highest BCUT2D eigenvalue weighted by Crippen LogP contribution is 2.48. The van der Waals surface area contributed by atoms with Crippen LogP contribution in [0.3, 0.4) is 0 Å². The highest BCUT2D eigenvalue weighted by Gasteiger charge is 2.28. The largest absolute Gasteiger partial charge is 0.331 e. The number of fused-ring (bicyclic) bond motifs is 2. The predicted molar refractivity (Wildman–Crippen MR) is 129 cm³/mol. The summed E-state index contributed by atoms with van der Waals surface area (Å²) in [6.07, 6.45) is 0. The minimum absolute atomic E-state index is 0.210. The molecule has 1 aliphatic heterocycles. The highest BCUT2D eigenvalue weighted by molar-refractivity contribution is 7.99. The summed E-state index contributed by atoms with van der Waals surface area (Å²) in [7, 11) is 0. The molecule has 6 heteroatoms. The van der Waals surface area contributed by atoms with Crippen LogP contribution in [0, 0.1) is 0 Å². The summed E-state index contributed by atoms with van der Waals surface area (Å²) in [5.41, 5.74) is 2.85. The molecule has 4 nitrogen and oxygen atoms in total. The first-order valence-corrected chi connectivity index (χ1v) is 11.2. The molecule has 1 heterocycles. The van der Waals surface area contributed by atoms with Crippen LogP contribution in [0.5, 0.6) is 0 Å². The standard InChI is InChI=1S/C26H17ClN2O2S/c27-18-14-15-20(19(16-18)25(30)17-8-2-1-3-9-17)28-26(31)29-21-10-4-6-12-23(21)32-24-13-7-5-11-22(24)29/h1-16H,(H,28,31). The number of nitrogens with zero attached hydrogens (tertiary/aromatic N) is 1. The monoisotopic (exact) mass is 456 g/mol. The van der Waals surface area contributed by atoms with Crippen molar-refractivity contribution in [1.29, 1.82) is 0 Å². The van der Waals surface area contributed by atoms with Gasteiger partial charge in [0.15, 0.2) is 5.78 Å². The summed E-state index contributed by atoms with van der Waals surface area (Å²) in [5.74, 6) is -0.210. The van der Waals surface area contributed by atoms with Crippen LogP contribution < -0.4 is 10.2 Å². The highest BCUT2D eigenvalue weighted by atomic mass is 35.5. The molecule has 1 N–H and O–H groups in total. The Morgan fingerprint density at radius 1 is 0.750 bits per heavy atom. The Morgan fingerprint density at radius 2 is 1.34 bits per heavy atom. The maximum atomic E-state index is 13.6. The van der Waals surface area contributed by atoms with Crippen molar-refractivity contribution in [3.05, 3.63) is 113 Å². The molecule has 32 heavy (non-hydrogen) atoms. The maximum Gasteiger partial charge on any atom is 0.331 e. The van der Waals surface area contributed by atoms with Gasteiger partial charge in [-0.05, 0) is 42.5 Å². The lowest BCUT2D eigenvalue weighted by Crippen LogP contribution is -2.33. The van der Waals surface area contributed by atoms with Crippen LogP contribution in [0.4, 0.5) is 21.9 Å². The van der Waals surface area contributed by atoms with E-state index in [4.69, 9.17) is 11.6 Å². The van der Waals surface area contributed by atoms with Gasteiger partial charge in [0.25, 0.3) is 0 Å². The van der Waals surface area contributed by atoms with Crippen molar-refractivity contribution in [2.24, 2.45) is 0 Å². The van der Waals surface area contributed by atoms with E-state index in [1.807, 2.05) is 54.6 Å². The minimum atomic E-state index is -0.352. The molecule has 0 bridgehead atoms. The number of carbonyl (C=O) groups excluding carboxylic acids is 2. The lowest BCUT2D eigenvalue weighted by molar-refractivity contribution is 0.103. The number of anilines is 3. The van der Waals surface area contributed by atoms with Gasteiger partial charge in [-0.15, -0.1) is 0 Å². The van der Waals surface area contributed by atoms with Crippen molar-refractivity contribution in [3.63, 3.8) is 0 Å². The maximum absolute atomic E-state index is 13.6. The molecular formula is C26H17ClN2O2S. The first-order valence-electron chi connectivity index (χ1n) is 9.98. The zero-order valence-corrected chi connectivity index (χ0v) is 18.4. The molecule has 156 valence electrons. The summed E-state index contributed by atoms with van der Waals surface area (Å²) >= 11 is 7.81. The lowest BCUT2D eigenvalue weighted by atomic mass is 10.0. The summed E-state index contributed by atoms with van der Waals surface area (Å²) < 4.78 is 0. The summed E-state index contributed by atoms with van der Waals surface area (Å²) in [5, 5.41) is 3.36. The second-order valence-electron chi connectivity index (χ2n) is 7.19. The zero-order valence-electron chi connectivity index (χ0n) is 16.8. The number of carbonyl (C=O) groups is 2. The summed E-state index contributed by atoms with van der Waals surface area (Å²) in [4.78, 5) is 30.3. The van der Waals surface area contributed by atoms with E-state index >= 15 is 0 Å². The molecule has 0 unspecified atom stereocenters. The first kappa shape index (κ1) is 20.4. The first-order chi connectivity index (χ1) is 15.6. The lowest BCUT2D eigenvalue weighted by Gasteiger charge is -2.31. The van der Waals surface area contributed by atoms with E-state index in [0.717, 1.165) is 21.2 Å². The number of ketones is 1. The van der Waals surface area contributed by atoms with Gasteiger partial charge in [-0.1, -0.05) is 78.0 Å². The molecule has 0 spiro atoms. The van der Waals surface area contributed by atoms with Crippen LogP contribution in [0.2, 0.25) is 5.02 Å². The minimum Gasteiger partial charge on any atom is -0.306 e. The van der Waals surface area contributed by atoms with Crippen molar-refractivity contribution >= 4 is 52.2 Å². The van der Waals surface area contributed by atoms with E-state index in [-0.39, 0.29) is 11.8 Å². The molecule has 0 saturated carbocycles. The molecule has 0 aliphatic carbocycles. The van der Waals surface area contributed by atoms with Crippen molar-refractivity contribution in [2.45, 2.75) is 9.79 Å². The molecule has 0 aromatic heterocycles. The van der Waals surface area contributed by atoms with Crippen LogP contribution >= 0.6 is 23.4 Å². The Balaban J connectivity index is 1.54. The Labute approximate surface area is 194 Å². The molecule has 4 aromatic carbocycles. The second kappa shape index (κ2) is 8.54. The van der Waals surface area contributed by atoms with Gasteiger partial charge in [-0.25, -0.2) is 4.79 Å². The van der Waals surface area contributed by atoms with Gasteiger partial charge in [0.05, 0.1) is 17.1 Å². The Morgan fingerprint density at radius 3 is 2.00 bits per heavy atom. The van der Waals surface area contributed by atoms with Gasteiger partial charge >= 0.3 is 6.03 Å². The molecule has 0 radical (unpaired) electrons. The van der Waals surface area contributed by atoms with Crippen molar-refractivity contribution in [1.82, 2.24) is 0 Å². The fourth-order valence-electron chi connectivity index (χ4n) is 3.65. The molecule has 0 saturated heterocycles. The topological polar surface area (TPSA) is 49.4 Å². The Hall–Kier alpha value is -3.54. The van der Waals surface area contributed by atoms with Crippen molar-refractivity contribution in [2.75, 3.05) is 10.2 Å². The molecule has 2 amide bonds. The number of hydrogen-bond donors (Lipinski definition) is 1. The van der Waals surface area contributed by atoms with E-state index in [2.05, 4.69) is 5.32 Å². The van der Waals surface area contributed by atoms with Crippen LogP contribution in [-0.2, 0) is 0 Å². The third kappa shape index (κ3) is 3.77. The number of rotatable bonds is 3. The number of hydrogen-bond acceptors (Lipinski definition) is 3. The predicted octanol–water partition coefficient (Wildman–Crippen LogP) is 7.41. The van der Waals surface area contributed by atoms with Crippen molar-refractivity contribution in [3.8, 4) is 0 Å². The van der Waals surface area contributed by atoms with E-state index in [1.54, 1.807) is 59.1 Å². The van der Waals surface area contributed by atoms with Gasteiger partial charge in [0.2, 0.25) is 0 Å². The second-order valence-corrected chi connectivity index (χ2v) is 8.71. The number of nitrogens with one attached hydrogen (secondary N) is 1. The third-order valence-electron chi connectivity index (χ3n) is 5.14. The molecule has 1 aliphatic rings. The molecule has 0 atom stereocenters. The van der Waals surface area contributed by atoms with Gasteiger partial charge in [-0.3, -0.25) is 9.69 Å². The number of para-hydroxylation sites is 2. The van der Waals surface area contributed by atoms with E-state index in [0.29, 0.717) is 21.8 Å². The fraction of sp³-hybridized carbons (Fsp3) is 0. The van der Waals surface area contributed by atoms with Crippen LogP contribution in [0.25, 0.3) is 0 Å². The van der Waals surface area contributed by atoms with E-state index in [9.17, 15) is 9.59 Å². The zero-order chi connectivity index (χ0) is 22.1. The van der Waals surface area contributed by atoms with Gasteiger partial charge in [0.1, 0.15) is 0 Å². The number of amides is 2. The summed E-state index contributed by atoms with van der Waals surface area (Å²) in [6.45, 7) is 0. The number of benzene rings is 4. The normalized spacial score (nSPS) is 12.0. The van der Waals surface area contributed by atoms with Crippen LogP contribution in [0.15, 0.2) is 107 Å².